The van der Waals surface area contributed by atoms with Crippen molar-refractivity contribution >= 4 is 17.3 Å². The maximum Gasteiger partial charge on any atom is 0.134 e. The third-order valence-corrected chi connectivity index (χ3v) is 2.55. The van der Waals surface area contributed by atoms with Crippen molar-refractivity contribution in [2.75, 3.05) is 12.8 Å². The first kappa shape index (κ1) is 12.3. The lowest BCUT2D eigenvalue weighted by Gasteiger charge is -2.01. The number of hydrogen-bond donors (Lipinski definition) is 1. The van der Waals surface area contributed by atoms with Crippen LogP contribution < -0.4 is 10.5 Å². The Bertz CT molecular complexity index is 629. The van der Waals surface area contributed by atoms with Crippen molar-refractivity contribution in [2.24, 2.45) is 0 Å². The van der Waals surface area contributed by atoms with Crippen LogP contribution in [0.5, 0.6) is 5.75 Å². The molecule has 0 aliphatic rings. The molecule has 0 aliphatic carbocycles. The third-order valence-electron chi connectivity index (χ3n) is 2.34. The highest BCUT2D eigenvalue weighted by atomic mass is 35.5. The van der Waals surface area contributed by atoms with E-state index in [1.807, 2.05) is 24.3 Å². The number of rotatable bonds is 1. The van der Waals surface area contributed by atoms with E-state index in [1.54, 1.807) is 19.4 Å². The van der Waals surface area contributed by atoms with E-state index >= 15 is 0 Å². The average Bonchev–Trinajstić information content (AvgIpc) is 2.38. The Morgan fingerprint density at radius 3 is 2.67 bits per heavy atom. The lowest BCUT2D eigenvalue weighted by Crippen LogP contribution is -1.92. The number of ether oxygens (including phenoxy) is 1. The minimum absolute atomic E-state index is 0.357. The van der Waals surface area contributed by atoms with Gasteiger partial charge in [0.25, 0.3) is 0 Å². The fraction of sp³-hybridized carbons (Fsp3) is 0.0714. The molecule has 90 valence electrons. The summed E-state index contributed by atoms with van der Waals surface area (Å²) in [5, 5.41) is 0.357. The molecule has 0 aliphatic heterocycles. The van der Waals surface area contributed by atoms with Gasteiger partial charge in [0.1, 0.15) is 10.9 Å². The van der Waals surface area contributed by atoms with Crippen LogP contribution in [0.15, 0.2) is 36.5 Å². The SMILES string of the molecule is COc1ccccc1C#Cc1cnc(Cl)cc1N. The van der Waals surface area contributed by atoms with Crippen LogP contribution in [0.3, 0.4) is 0 Å². The molecule has 1 aromatic heterocycles. The van der Waals surface area contributed by atoms with Crippen molar-refractivity contribution in [3.05, 3.63) is 52.8 Å². The van der Waals surface area contributed by atoms with Gasteiger partial charge in [0.15, 0.2) is 0 Å². The molecule has 0 radical (unpaired) electrons. The number of nitrogens with zero attached hydrogens (tertiary/aromatic N) is 1. The smallest absolute Gasteiger partial charge is 0.134 e. The third kappa shape index (κ3) is 2.73. The van der Waals surface area contributed by atoms with E-state index in [4.69, 9.17) is 22.1 Å². The van der Waals surface area contributed by atoms with E-state index in [0.717, 1.165) is 11.3 Å². The van der Waals surface area contributed by atoms with Crippen LogP contribution in [-0.4, -0.2) is 12.1 Å². The van der Waals surface area contributed by atoms with Gasteiger partial charge in [0, 0.05) is 6.20 Å². The van der Waals surface area contributed by atoms with Gasteiger partial charge in [-0.15, -0.1) is 0 Å². The summed E-state index contributed by atoms with van der Waals surface area (Å²) in [4.78, 5) is 3.95. The number of nitrogens with two attached hydrogens (primary N) is 1. The lowest BCUT2D eigenvalue weighted by molar-refractivity contribution is 0.413. The van der Waals surface area contributed by atoms with Gasteiger partial charge in [-0.25, -0.2) is 4.98 Å². The van der Waals surface area contributed by atoms with Gasteiger partial charge < -0.3 is 10.5 Å². The van der Waals surface area contributed by atoms with E-state index in [2.05, 4.69) is 16.8 Å². The molecule has 0 unspecified atom stereocenters. The molecule has 0 saturated heterocycles. The minimum atomic E-state index is 0.357. The fourth-order valence-corrected chi connectivity index (χ4v) is 1.60. The Kier molecular flexibility index (Phi) is 3.71. The summed E-state index contributed by atoms with van der Waals surface area (Å²) < 4.78 is 5.21. The van der Waals surface area contributed by atoms with Crippen LogP contribution in [0.1, 0.15) is 11.1 Å². The standard InChI is InChI=1S/C14H11ClN2O/c1-18-13-5-3-2-4-10(13)6-7-11-9-17-14(15)8-12(11)16/h2-5,8-9H,1H3,(H2,16,17). The molecule has 1 aromatic carbocycles. The maximum atomic E-state index is 5.80. The Hall–Kier alpha value is -2.18. The Balaban J connectivity index is 2.37. The highest BCUT2D eigenvalue weighted by Gasteiger charge is 1.99. The van der Waals surface area contributed by atoms with Crippen molar-refractivity contribution in [2.45, 2.75) is 0 Å². The highest BCUT2D eigenvalue weighted by Crippen LogP contribution is 2.17. The summed E-state index contributed by atoms with van der Waals surface area (Å²) >= 11 is 5.72. The van der Waals surface area contributed by atoms with Crippen LogP contribution >= 0.6 is 11.6 Å². The number of benzene rings is 1. The van der Waals surface area contributed by atoms with Crippen LogP contribution in [0.25, 0.3) is 0 Å². The van der Waals surface area contributed by atoms with Crippen LogP contribution in [0.2, 0.25) is 5.15 Å². The predicted octanol–water partition coefficient (Wildman–Crippen LogP) is 2.73. The number of anilines is 1. The molecule has 4 heteroatoms. The summed E-state index contributed by atoms with van der Waals surface area (Å²) in [6.07, 6.45) is 1.56. The zero-order chi connectivity index (χ0) is 13.0. The van der Waals surface area contributed by atoms with Crippen molar-refractivity contribution in [3.8, 4) is 17.6 Å². The fourth-order valence-electron chi connectivity index (χ4n) is 1.43. The van der Waals surface area contributed by atoms with Gasteiger partial charge in [0.05, 0.1) is 23.9 Å². The number of para-hydroxylation sites is 1. The first-order valence-electron chi connectivity index (χ1n) is 5.27. The number of halogens is 1. The largest absolute Gasteiger partial charge is 0.495 e. The molecule has 0 amide bonds. The second kappa shape index (κ2) is 5.44. The summed E-state index contributed by atoms with van der Waals surface area (Å²) in [5.41, 5.74) is 7.75. The molecule has 1 heterocycles. The number of nitrogen functional groups attached to an aromatic ring is 1. The van der Waals surface area contributed by atoms with Gasteiger partial charge in [0.2, 0.25) is 0 Å². The van der Waals surface area contributed by atoms with Crippen LogP contribution in [0, 0.1) is 11.8 Å². The Morgan fingerprint density at radius 2 is 1.94 bits per heavy atom. The molecule has 0 bridgehead atoms. The molecule has 2 aromatic rings. The Morgan fingerprint density at radius 1 is 1.22 bits per heavy atom. The Labute approximate surface area is 111 Å². The molecule has 0 fully saturated rings. The molecular weight excluding hydrogens is 248 g/mol. The van der Waals surface area contributed by atoms with Gasteiger partial charge in [-0.3, -0.25) is 0 Å². The van der Waals surface area contributed by atoms with Gasteiger partial charge >= 0.3 is 0 Å². The monoisotopic (exact) mass is 258 g/mol. The van der Waals surface area contributed by atoms with Gasteiger partial charge in [-0.05, 0) is 18.2 Å². The topological polar surface area (TPSA) is 48.1 Å². The van der Waals surface area contributed by atoms with Crippen LogP contribution in [0.4, 0.5) is 5.69 Å². The quantitative estimate of drug-likeness (QED) is 0.632. The summed E-state index contributed by atoms with van der Waals surface area (Å²) in [6.45, 7) is 0. The molecule has 0 spiro atoms. The molecule has 0 saturated carbocycles. The lowest BCUT2D eigenvalue weighted by atomic mass is 10.2. The minimum Gasteiger partial charge on any atom is -0.495 e. The van der Waals surface area contributed by atoms with E-state index in [-0.39, 0.29) is 0 Å². The number of aromatic nitrogens is 1. The van der Waals surface area contributed by atoms with E-state index in [1.165, 1.54) is 0 Å². The normalized spacial score (nSPS) is 9.44. The molecule has 18 heavy (non-hydrogen) atoms. The first-order chi connectivity index (χ1) is 8.70. The van der Waals surface area contributed by atoms with Crippen molar-refractivity contribution in [1.29, 1.82) is 0 Å². The summed E-state index contributed by atoms with van der Waals surface area (Å²) in [6, 6.07) is 9.10. The van der Waals surface area contributed by atoms with Gasteiger partial charge in [-0.2, -0.15) is 0 Å². The van der Waals surface area contributed by atoms with Crippen molar-refractivity contribution in [1.82, 2.24) is 4.98 Å². The molecule has 3 nitrogen and oxygen atoms in total. The van der Waals surface area contributed by atoms with E-state index < -0.39 is 0 Å². The summed E-state index contributed by atoms with van der Waals surface area (Å²) in [5.74, 6) is 6.69. The molecule has 2 N–H and O–H groups in total. The maximum absolute atomic E-state index is 5.80. The van der Waals surface area contributed by atoms with Crippen LogP contribution in [-0.2, 0) is 0 Å². The molecule has 2 rings (SSSR count). The predicted molar refractivity (Wildman–Crippen MR) is 72.6 cm³/mol. The number of pyridine rings is 1. The van der Waals surface area contributed by atoms with Crippen molar-refractivity contribution < 1.29 is 4.74 Å². The second-order valence-electron chi connectivity index (χ2n) is 3.54. The molecular formula is C14H11ClN2O. The molecule has 0 atom stereocenters. The summed E-state index contributed by atoms with van der Waals surface area (Å²) in [7, 11) is 1.61. The zero-order valence-corrected chi connectivity index (χ0v) is 10.5. The van der Waals surface area contributed by atoms with E-state index in [9.17, 15) is 0 Å². The number of hydrogen-bond acceptors (Lipinski definition) is 3. The van der Waals surface area contributed by atoms with Gasteiger partial charge in [-0.1, -0.05) is 35.6 Å². The highest BCUT2D eigenvalue weighted by molar-refractivity contribution is 6.29. The zero-order valence-electron chi connectivity index (χ0n) is 9.77. The first-order valence-corrected chi connectivity index (χ1v) is 5.64. The number of methoxy groups -OCH3 is 1. The van der Waals surface area contributed by atoms with Crippen molar-refractivity contribution in [3.63, 3.8) is 0 Å². The average molecular weight is 259 g/mol. The van der Waals surface area contributed by atoms with E-state index in [0.29, 0.717) is 16.4 Å². The second-order valence-corrected chi connectivity index (χ2v) is 3.93.